The van der Waals surface area contributed by atoms with Crippen LogP contribution in [0.25, 0.3) is 0 Å². The van der Waals surface area contributed by atoms with E-state index in [1.807, 2.05) is 0 Å². The number of alkyl halides is 1. The van der Waals surface area contributed by atoms with Gasteiger partial charge in [0.15, 0.2) is 0 Å². The number of rotatable bonds is 7. The lowest BCUT2D eigenvalue weighted by Gasteiger charge is -1.91. The Bertz CT molecular complexity index is 86.9. The topological polar surface area (TPSA) is 0 Å². The van der Waals surface area contributed by atoms with Crippen LogP contribution in [0.5, 0.6) is 0 Å². The molecule has 0 rings (SSSR count). The molecule has 0 saturated heterocycles. The van der Waals surface area contributed by atoms with Gasteiger partial charge in [0.25, 0.3) is 0 Å². The van der Waals surface area contributed by atoms with E-state index in [2.05, 4.69) is 35.0 Å². The van der Waals surface area contributed by atoms with Gasteiger partial charge in [-0.1, -0.05) is 47.8 Å². The fraction of sp³-hybridized carbons (Fsp3) is 0.800. The van der Waals surface area contributed by atoms with E-state index in [1.54, 1.807) is 0 Å². The maximum atomic E-state index is 3.42. The minimum absolute atomic E-state index is 1.15. The first-order chi connectivity index (χ1) is 5.41. The number of hydrogen-bond donors (Lipinski definition) is 0. The smallest absolute Gasteiger partial charge is 0.00314 e. The predicted molar refractivity (Wildman–Crippen MR) is 56.3 cm³/mol. The van der Waals surface area contributed by atoms with Crippen molar-refractivity contribution in [3.8, 4) is 0 Å². The standard InChI is InChI=1S/C10H19Br/c1-2-3-4-5-6-7-8-9-10-11/h5-6H,2-4,7-10H2,1H3. The molecule has 0 radical (unpaired) electrons. The van der Waals surface area contributed by atoms with Crippen LogP contribution >= 0.6 is 15.9 Å². The molecule has 0 aliphatic heterocycles. The largest absolute Gasteiger partial charge is 0.0928 e. The third kappa shape index (κ3) is 10.2. The van der Waals surface area contributed by atoms with E-state index in [-0.39, 0.29) is 0 Å². The quantitative estimate of drug-likeness (QED) is 0.340. The summed E-state index contributed by atoms with van der Waals surface area (Å²) in [6.45, 7) is 2.23. The average molecular weight is 219 g/mol. The molecule has 0 bridgehead atoms. The second kappa shape index (κ2) is 10.2. The van der Waals surface area contributed by atoms with Crippen molar-refractivity contribution in [3.05, 3.63) is 12.2 Å². The van der Waals surface area contributed by atoms with Crippen molar-refractivity contribution in [2.45, 2.75) is 45.4 Å². The summed E-state index contributed by atoms with van der Waals surface area (Å²) in [5.41, 5.74) is 0. The predicted octanol–water partition coefficient (Wildman–Crippen LogP) is 4.30. The summed E-state index contributed by atoms with van der Waals surface area (Å²) in [6.07, 6.45) is 12.4. The molecule has 0 atom stereocenters. The van der Waals surface area contributed by atoms with Crippen molar-refractivity contribution in [2.24, 2.45) is 0 Å². The zero-order valence-electron chi connectivity index (χ0n) is 7.48. The highest BCUT2D eigenvalue weighted by atomic mass is 79.9. The highest BCUT2D eigenvalue weighted by Crippen LogP contribution is 2.01. The van der Waals surface area contributed by atoms with Gasteiger partial charge in [-0.25, -0.2) is 0 Å². The van der Waals surface area contributed by atoms with Gasteiger partial charge in [-0.15, -0.1) is 0 Å². The Hall–Kier alpha value is 0.220. The maximum Gasteiger partial charge on any atom is 0.00314 e. The summed E-state index contributed by atoms with van der Waals surface area (Å²) in [7, 11) is 0. The second-order valence-corrected chi connectivity index (χ2v) is 3.59. The molecule has 0 N–H and O–H groups in total. The molecule has 1 heteroatoms. The molecule has 0 aromatic heterocycles. The molecule has 0 aromatic carbocycles. The molecule has 0 heterocycles. The van der Waals surface area contributed by atoms with Crippen molar-refractivity contribution >= 4 is 15.9 Å². The van der Waals surface area contributed by atoms with Crippen LogP contribution < -0.4 is 0 Å². The molecule has 11 heavy (non-hydrogen) atoms. The molecular weight excluding hydrogens is 200 g/mol. The van der Waals surface area contributed by atoms with Crippen molar-refractivity contribution < 1.29 is 0 Å². The van der Waals surface area contributed by atoms with E-state index in [9.17, 15) is 0 Å². The molecule has 0 aliphatic carbocycles. The molecule has 0 unspecified atom stereocenters. The molecule has 0 amide bonds. The Morgan fingerprint density at radius 1 is 1.00 bits per heavy atom. The molecular formula is C10H19Br. The monoisotopic (exact) mass is 218 g/mol. The Morgan fingerprint density at radius 3 is 2.18 bits per heavy atom. The summed E-state index contributed by atoms with van der Waals surface area (Å²) in [5.74, 6) is 0. The third-order valence-electron chi connectivity index (χ3n) is 1.65. The van der Waals surface area contributed by atoms with Crippen LogP contribution in [0.4, 0.5) is 0 Å². The average Bonchev–Trinajstić information content (AvgIpc) is 2.03. The van der Waals surface area contributed by atoms with Crippen LogP contribution in [-0.4, -0.2) is 5.33 Å². The van der Waals surface area contributed by atoms with Gasteiger partial charge in [-0.3, -0.25) is 0 Å². The van der Waals surface area contributed by atoms with Gasteiger partial charge in [0.05, 0.1) is 0 Å². The maximum absolute atomic E-state index is 3.42. The lowest BCUT2D eigenvalue weighted by atomic mass is 10.2. The fourth-order valence-corrected chi connectivity index (χ4v) is 1.31. The normalized spacial score (nSPS) is 11.1. The first-order valence-electron chi connectivity index (χ1n) is 4.62. The van der Waals surface area contributed by atoms with Gasteiger partial charge in [0, 0.05) is 5.33 Å². The van der Waals surface area contributed by atoms with E-state index in [0.717, 1.165) is 5.33 Å². The van der Waals surface area contributed by atoms with E-state index >= 15 is 0 Å². The summed E-state index contributed by atoms with van der Waals surface area (Å²) < 4.78 is 0. The first kappa shape index (κ1) is 11.2. The molecule has 0 fully saturated rings. The van der Waals surface area contributed by atoms with E-state index in [1.165, 1.54) is 38.5 Å². The van der Waals surface area contributed by atoms with Gasteiger partial charge in [-0.2, -0.15) is 0 Å². The van der Waals surface area contributed by atoms with Crippen LogP contribution in [0.15, 0.2) is 12.2 Å². The lowest BCUT2D eigenvalue weighted by molar-refractivity contribution is 0.797. The van der Waals surface area contributed by atoms with Gasteiger partial charge < -0.3 is 0 Å². The Balaban J connectivity index is 2.91. The zero-order valence-corrected chi connectivity index (χ0v) is 9.07. The van der Waals surface area contributed by atoms with Crippen LogP contribution in [0, 0.1) is 0 Å². The summed E-state index contributed by atoms with van der Waals surface area (Å²) in [4.78, 5) is 0. The van der Waals surface area contributed by atoms with E-state index in [0.29, 0.717) is 0 Å². The van der Waals surface area contributed by atoms with Gasteiger partial charge in [0.1, 0.15) is 0 Å². The number of halogens is 1. The molecule has 0 nitrogen and oxygen atoms in total. The molecule has 66 valence electrons. The van der Waals surface area contributed by atoms with Crippen molar-refractivity contribution in [1.29, 1.82) is 0 Å². The number of unbranched alkanes of at least 4 members (excludes halogenated alkanes) is 4. The third-order valence-corrected chi connectivity index (χ3v) is 2.21. The summed E-state index contributed by atoms with van der Waals surface area (Å²) in [5, 5.41) is 1.15. The molecule has 0 spiro atoms. The van der Waals surface area contributed by atoms with Crippen LogP contribution in [-0.2, 0) is 0 Å². The first-order valence-corrected chi connectivity index (χ1v) is 5.75. The van der Waals surface area contributed by atoms with Crippen LogP contribution in [0.1, 0.15) is 45.4 Å². The minimum atomic E-state index is 1.15. The Kier molecular flexibility index (Phi) is 10.4. The highest BCUT2D eigenvalue weighted by molar-refractivity contribution is 9.09. The van der Waals surface area contributed by atoms with Gasteiger partial charge in [0.2, 0.25) is 0 Å². The minimum Gasteiger partial charge on any atom is -0.0928 e. The van der Waals surface area contributed by atoms with Crippen molar-refractivity contribution in [2.75, 3.05) is 5.33 Å². The fourth-order valence-electron chi connectivity index (χ4n) is 0.914. The molecule has 0 aliphatic rings. The van der Waals surface area contributed by atoms with Crippen molar-refractivity contribution in [3.63, 3.8) is 0 Å². The number of allylic oxidation sites excluding steroid dienone is 2. The Labute approximate surface area is 79.2 Å². The SMILES string of the molecule is CCCCC=CCCCCBr. The zero-order chi connectivity index (χ0) is 8.36. The van der Waals surface area contributed by atoms with E-state index in [4.69, 9.17) is 0 Å². The van der Waals surface area contributed by atoms with Crippen LogP contribution in [0.3, 0.4) is 0 Å². The highest BCUT2D eigenvalue weighted by Gasteiger charge is 1.82. The van der Waals surface area contributed by atoms with E-state index < -0.39 is 0 Å². The lowest BCUT2D eigenvalue weighted by Crippen LogP contribution is -1.73. The number of hydrogen-bond acceptors (Lipinski definition) is 0. The summed E-state index contributed by atoms with van der Waals surface area (Å²) in [6, 6.07) is 0. The Morgan fingerprint density at radius 2 is 1.64 bits per heavy atom. The summed E-state index contributed by atoms with van der Waals surface area (Å²) >= 11 is 3.42. The van der Waals surface area contributed by atoms with Gasteiger partial charge >= 0.3 is 0 Å². The molecule has 0 saturated carbocycles. The van der Waals surface area contributed by atoms with Crippen molar-refractivity contribution in [1.82, 2.24) is 0 Å². The molecule has 0 aromatic rings. The van der Waals surface area contributed by atoms with Crippen LogP contribution in [0.2, 0.25) is 0 Å². The second-order valence-electron chi connectivity index (χ2n) is 2.80. The van der Waals surface area contributed by atoms with Gasteiger partial charge in [-0.05, 0) is 25.7 Å².